The van der Waals surface area contributed by atoms with Crippen molar-refractivity contribution in [1.29, 1.82) is 0 Å². The van der Waals surface area contributed by atoms with Crippen molar-refractivity contribution >= 4 is 23.6 Å². The van der Waals surface area contributed by atoms with Gasteiger partial charge in [0.1, 0.15) is 5.82 Å². The SMILES string of the molecule is CC(C)C(C)NC1=NSc2cc(F)ccc2N1. The van der Waals surface area contributed by atoms with Crippen LogP contribution >= 0.6 is 11.9 Å². The standard InChI is InChI=1S/C12H16FN3S/c1-7(2)8(3)14-12-15-10-5-4-9(13)6-11(10)17-16-12/h4-8H,1-3H3,(H2,14,15,16). The van der Waals surface area contributed by atoms with Crippen LogP contribution in [-0.4, -0.2) is 12.0 Å². The third kappa shape index (κ3) is 2.91. The van der Waals surface area contributed by atoms with Crippen LogP contribution in [0.4, 0.5) is 10.1 Å². The second-order valence-electron chi connectivity index (χ2n) is 4.47. The Morgan fingerprint density at radius 2 is 2.12 bits per heavy atom. The van der Waals surface area contributed by atoms with Gasteiger partial charge in [0.05, 0.1) is 10.6 Å². The summed E-state index contributed by atoms with van der Waals surface area (Å²) in [6, 6.07) is 5.00. The first kappa shape index (κ1) is 12.2. The Morgan fingerprint density at radius 1 is 1.35 bits per heavy atom. The van der Waals surface area contributed by atoms with E-state index in [-0.39, 0.29) is 5.82 Å². The molecule has 1 unspecified atom stereocenters. The summed E-state index contributed by atoms with van der Waals surface area (Å²) in [5.74, 6) is 1.02. The average molecular weight is 253 g/mol. The van der Waals surface area contributed by atoms with Gasteiger partial charge in [-0.3, -0.25) is 0 Å². The number of rotatable bonds is 2. The molecule has 0 saturated carbocycles. The van der Waals surface area contributed by atoms with Crippen molar-refractivity contribution in [2.75, 3.05) is 5.32 Å². The van der Waals surface area contributed by atoms with Crippen LogP contribution in [0.15, 0.2) is 27.5 Å². The predicted molar refractivity (Wildman–Crippen MR) is 70.8 cm³/mol. The van der Waals surface area contributed by atoms with Crippen LogP contribution in [0.5, 0.6) is 0 Å². The molecule has 17 heavy (non-hydrogen) atoms. The maximum absolute atomic E-state index is 13.0. The molecular weight excluding hydrogens is 237 g/mol. The molecule has 0 bridgehead atoms. The summed E-state index contributed by atoms with van der Waals surface area (Å²) >= 11 is 1.29. The molecule has 2 rings (SSSR count). The molecule has 1 atom stereocenters. The highest BCUT2D eigenvalue weighted by atomic mass is 32.2. The Balaban J connectivity index is 2.07. The molecule has 0 amide bonds. The van der Waals surface area contributed by atoms with Gasteiger partial charge in [0.2, 0.25) is 5.96 Å². The van der Waals surface area contributed by atoms with Gasteiger partial charge in [0, 0.05) is 18.0 Å². The summed E-state index contributed by atoms with van der Waals surface area (Å²) in [4.78, 5) is 0.813. The van der Waals surface area contributed by atoms with Crippen LogP contribution in [0.1, 0.15) is 20.8 Å². The first-order valence-electron chi connectivity index (χ1n) is 5.64. The first-order chi connectivity index (χ1) is 8.06. The number of anilines is 1. The van der Waals surface area contributed by atoms with E-state index < -0.39 is 0 Å². The molecule has 1 heterocycles. The summed E-state index contributed by atoms with van der Waals surface area (Å²) in [5, 5.41) is 6.46. The van der Waals surface area contributed by atoms with Gasteiger partial charge in [-0.05, 0) is 31.0 Å². The Kier molecular flexibility index (Phi) is 3.57. The fourth-order valence-corrected chi connectivity index (χ4v) is 2.04. The second kappa shape index (κ2) is 4.96. The van der Waals surface area contributed by atoms with Crippen molar-refractivity contribution in [3.05, 3.63) is 24.0 Å². The van der Waals surface area contributed by atoms with Gasteiger partial charge in [-0.15, -0.1) is 0 Å². The highest BCUT2D eigenvalue weighted by Crippen LogP contribution is 2.32. The molecule has 0 saturated heterocycles. The van der Waals surface area contributed by atoms with Crippen LogP contribution in [0, 0.1) is 11.7 Å². The van der Waals surface area contributed by atoms with Crippen molar-refractivity contribution in [2.45, 2.75) is 31.7 Å². The smallest absolute Gasteiger partial charge is 0.208 e. The third-order valence-corrected chi connectivity index (χ3v) is 3.60. The van der Waals surface area contributed by atoms with Gasteiger partial charge in [0.25, 0.3) is 0 Å². The van der Waals surface area contributed by atoms with E-state index in [9.17, 15) is 4.39 Å². The molecule has 1 aromatic carbocycles. The van der Waals surface area contributed by atoms with Crippen LogP contribution in [0.2, 0.25) is 0 Å². The van der Waals surface area contributed by atoms with Crippen molar-refractivity contribution in [3.8, 4) is 0 Å². The molecule has 92 valence electrons. The molecule has 3 nitrogen and oxygen atoms in total. The second-order valence-corrected chi connectivity index (χ2v) is 5.28. The number of hydrogen-bond acceptors (Lipinski definition) is 4. The van der Waals surface area contributed by atoms with E-state index in [0.717, 1.165) is 16.5 Å². The van der Waals surface area contributed by atoms with Crippen molar-refractivity contribution < 1.29 is 4.39 Å². The van der Waals surface area contributed by atoms with Gasteiger partial charge in [0.15, 0.2) is 0 Å². The molecule has 0 aliphatic carbocycles. The number of benzene rings is 1. The van der Waals surface area contributed by atoms with Crippen molar-refractivity contribution in [2.24, 2.45) is 10.3 Å². The lowest BCUT2D eigenvalue weighted by molar-refractivity contribution is 0.487. The zero-order valence-electron chi connectivity index (χ0n) is 10.1. The normalized spacial score (nSPS) is 15.9. The summed E-state index contributed by atoms with van der Waals surface area (Å²) in [6.45, 7) is 6.41. The molecule has 0 aromatic heterocycles. The van der Waals surface area contributed by atoms with E-state index in [0.29, 0.717) is 12.0 Å². The highest BCUT2D eigenvalue weighted by molar-refractivity contribution is 7.98. The number of fused-ring (bicyclic) bond motifs is 1. The van der Waals surface area contributed by atoms with E-state index >= 15 is 0 Å². The molecule has 1 aliphatic heterocycles. The summed E-state index contributed by atoms with van der Waals surface area (Å²) < 4.78 is 17.3. The molecule has 1 aromatic rings. The quantitative estimate of drug-likeness (QED) is 0.794. The van der Waals surface area contributed by atoms with Gasteiger partial charge in [-0.25, -0.2) is 4.39 Å². The topological polar surface area (TPSA) is 36.4 Å². The van der Waals surface area contributed by atoms with Crippen molar-refractivity contribution in [3.63, 3.8) is 0 Å². The predicted octanol–water partition coefficient (Wildman–Crippen LogP) is 3.25. The number of halogens is 1. The summed E-state index contributed by atoms with van der Waals surface area (Å²) in [6.07, 6.45) is 0. The van der Waals surface area contributed by atoms with E-state index in [4.69, 9.17) is 0 Å². The molecule has 5 heteroatoms. The summed E-state index contributed by atoms with van der Waals surface area (Å²) in [5.41, 5.74) is 0.893. The number of hydrogen-bond donors (Lipinski definition) is 2. The minimum Gasteiger partial charge on any atom is -0.353 e. The van der Waals surface area contributed by atoms with Gasteiger partial charge in [-0.1, -0.05) is 13.8 Å². The van der Waals surface area contributed by atoms with Crippen LogP contribution in [0.25, 0.3) is 0 Å². The van der Waals surface area contributed by atoms with E-state index in [2.05, 4.69) is 35.8 Å². The van der Waals surface area contributed by atoms with Crippen molar-refractivity contribution in [1.82, 2.24) is 5.32 Å². The lowest BCUT2D eigenvalue weighted by atomic mass is 10.1. The monoisotopic (exact) mass is 253 g/mol. The van der Waals surface area contributed by atoms with Gasteiger partial charge in [-0.2, -0.15) is 4.40 Å². The fourth-order valence-electron chi connectivity index (χ4n) is 1.36. The lowest BCUT2D eigenvalue weighted by Crippen LogP contribution is -2.40. The molecular formula is C12H16FN3S. The number of nitrogens with zero attached hydrogens (tertiary/aromatic N) is 1. The fraction of sp³-hybridized carbons (Fsp3) is 0.417. The van der Waals surface area contributed by atoms with Crippen LogP contribution in [-0.2, 0) is 0 Å². The minimum atomic E-state index is -0.236. The molecule has 0 fully saturated rings. The minimum absolute atomic E-state index is 0.236. The zero-order valence-corrected chi connectivity index (χ0v) is 10.9. The number of nitrogens with one attached hydrogen (secondary N) is 2. The Morgan fingerprint density at radius 3 is 2.82 bits per heavy atom. The maximum Gasteiger partial charge on any atom is 0.208 e. The Labute approximate surface area is 105 Å². The van der Waals surface area contributed by atoms with E-state index in [1.54, 1.807) is 6.07 Å². The Hall–Kier alpha value is -1.23. The highest BCUT2D eigenvalue weighted by Gasteiger charge is 2.15. The largest absolute Gasteiger partial charge is 0.353 e. The summed E-state index contributed by atoms with van der Waals surface area (Å²) in [7, 11) is 0. The van der Waals surface area contributed by atoms with E-state index in [1.165, 1.54) is 24.1 Å². The molecule has 2 N–H and O–H groups in total. The first-order valence-corrected chi connectivity index (χ1v) is 6.41. The van der Waals surface area contributed by atoms with Gasteiger partial charge < -0.3 is 10.6 Å². The number of guanidine groups is 1. The lowest BCUT2D eigenvalue weighted by Gasteiger charge is -2.23. The zero-order chi connectivity index (χ0) is 12.4. The Bertz CT molecular complexity index is 445. The van der Waals surface area contributed by atoms with Crippen LogP contribution < -0.4 is 10.6 Å². The van der Waals surface area contributed by atoms with E-state index in [1.807, 2.05) is 0 Å². The molecule has 0 spiro atoms. The molecule has 0 radical (unpaired) electrons. The third-order valence-electron chi connectivity index (χ3n) is 2.80. The maximum atomic E-state index is 13.0. The molecule has 1 aliphatic rings. The van der Waals surface area contributed by atoms with Gasteiger partial charge >= 0.3 is 0 Å². The average Bonchev–Trinajstić information content (AvgIpc) is 2.29. The van der Waals surface area contributed by atoms with Crippen LogP contribution in [0.3, 0.4) is 0 Å².